The van der Waals surface area contributed by atoms with E-state index >= 15 is 0 Å². The average Bonchev–Trinajstić information content (AvgIpc) is 2.96. The van der Waals surface area contributed by atoms with Crippen LogP contribution in [0.2, 0.25) is 0 Å². The second kappa shape index (κ2) is 7.37. The first-order valence-electron chi connectivity index (χ1n) is 8.49. The molecule has 0 spiro atoms. The second-order valence-electron chi connectivity index (χ2n) is 6.30. The van der Waals surface area contributed by atoms with Gasteiger partial charge in [-0.1, -0.05) is 12.1 Å². The summed E-state index contributed by atoms with van der Waals surface area (Å²) in [6.45, 7) is 3.81. The van der Waals surface area contributed by atoms with Gasteiger partial charge in [0.05, 0.1) is 23.9 Å². The summed E-state index contributed by atoms with van der Waals surface area (Å²) in [6.07, 6.45) is 0. The van der Waals surface area contributed by atoms with Crippen LogP contribution in [0.3, 0.4) is 0 Å². The van der Waals surface area contributed by atoms with E-state index in [4.69, 9.17) is 10.5 Å². The molecule has 3 rings (SSSR count). The second-order valence-corrected chi connectivity index (χ2v) is 7.28. The number of nitrogens with two attached hydrogens (primary N) is 1. The topological polar surface area (TPSA) is 94.9 Å². The van der Waals surface area contributed by atoms with Crippen LogP contribution >= 0.6 is 11.8 Å². The predicted molar refractivity (Wildman–Crippen MR) is 107 cm³/mol. The van der Waals surface area contributed by atoms with Crippen LogP contribution in [0.25, 0.3) is 0 Å². The summed E-state index contributed by atoms with van der Waals surface area (Å²) in [6, 6.07) is 9.48. The molecule has 0 radical (unpaired) electrons. The maximum Gasteiger partial charge on any atom is 0.338 e. The Morgan fingerprint density at radius 1 is 1.41 bits per heavy atom. The molecule has 1 unspecified atom stereocenters. The van der Waals surface area contributed by atoms with Gasteiger partial charge in [0.15, 0.2) is 5.17 Å². The number of nitrogens with zero attached hydrogens (tertiary/aromatic N) is 4. The number of allylic oxidation sites excluding steroid dienone is 2. The van der Waals surface area contributed by atoms with Crippen molar-refractivity contribution in [2.75, 3.05) is 25.6 Å². The molecular formula is C19H21N5O2S. The Balaban J connectivity index is 2.14. The lowest BCUT2D eigenvalue weighted by atomic mass is 9.94. The van der Waals surface area contributed by atoms with Crippen molar-refractivity contribution in [2.45, 2.75) is 19.9 Å². The molecule has 140 valence electrons. The van der Waals surface area contributed by atoms with Crippen molar-refractivity contribution < 1.29 is 9.53 Å². The molecule has 0 saturated carbocycles. The summed E-state index contributed by atoms with van der Waals surface area (Å²) in [5.41, 5.74) is 9.15. The molecule has 8 heteroatoms. The minimum Gasteiger partial charge on any atom is -0.463 e. The normalized spacial score (nSPS) is 18.9. The monoisotopic (exact) mass is 383 g/mol. The maximum atomic E-state index is 12.7. The highest BCUT2D eigenvalue weighted by Crippen LogP contribution is 2.45. The number of nitriles is 1. The molecule has 27 heavy (non-hydrogen) atoms. The van der Waals surface area contributed by atoms with Crippen LogP contribution in [0.5, 0.6) is 0 Å². The summed E-state index contributed by atoms with van der Waals surface area (Å²) in [5.74, 6) is -0.125. The van der Waals surface area contributed by atoms with E-state index in [0.29, 0.717) is 27.2 Å². The number of thioether (sulfide) groups is 1. The zero-order valence-corrected chi connectivity index (χ0v) is 16.5. The van der Waals surface area contributed by atoms with Gasteiger partial charge in [0, 0.05) is 19.8 Å². The fourth-order valence-electron chi connectivity index (χ4n) is 3.08. The largest absolute Gasteiger partial charge is 0.463 e. The molecular weight excluding hydrogens is 362 g/mol. The molecule has 2 heterocycles. The summed E-state index contributed by atoms with van der Waals surface area (Å²) in [5, 5.41) is 9.96. The molecule has 2 N–H and O–H groups in total. The lowest BCUT2D eigenvalue weighted by Crippen LogP contribution is -2.38. The Morgan fingerprint density at radius 3 is 2.63 bits per heavy atom. The van der Waals surface area contributed by atoms with Gasteiger partial charge in [-0.25, -0.2) is 9.79 Å². The zero-order chi connectivity index (χ0) is 19.7. The standard InChI is InChI=1S/C19H21N5O2S/c1-5-26-18(25)15-11(2)22-19-24(17(21)14(10-20)27-19)16(15)12-6-8-13(9-7-12)23(3)4/h6-9,16H,5,21H2,1-4H3. The molecule has 2 aliphatic rings. The third-order valence-electron chi connectivity index (χ3n) is 4.40. The molecule has 0 saturated heterocycles. The van der Waals surface area contributed by atoms with Crippen LogP contribution in [0.4, 0.5) is 5.69 Å². The molecule has 0 aliphatic carbocycles. The van der Waals surface area contributed by atoms with Crippen LogP contribution in [-0.2, 0) is 9.53 Å². The fraction of sp³-hybridized carbons (Fsp3) is 0.316. The van der Waals surface area contributed by atoms with Crippen LogP contribution in [0.1, 0.15) is 25.5 Å². The SMILES string of the molecule is CCOC(=O)C1=C(C)N=C2SC(C#N)=C(N)N2C1c1ccc(N(C)C)cc1. The highest BCUT2D eigenvalue weighted by Gasteiger charge is 2.42. The number of anilines is 1. The number of hydrogen-bond acceptors (Lipinski definition) is 8. The lowest BCUT2D eigenvalue weighted by molar-refractivity contribution is -0.139. The van der Waals surface area contributed by atoms with Crippen molar-refractivity contribution in [3.63, 3.8) is 0 Å². The number of hydrogen-bond donors (Lipinski definition) is 1. The average molecular weight is 383 g/mol. The summed E-state index contributed by atoms with van der Waals surface area (Å²) in [7, 11) is 3.93. The van der Waals surface area contributed by atoms with Crippen molar-refractivity contribution in [3.05, 3.63) is 51.8 Å². The number of carbonyl (C=O) groups is 1. The Kier molecular flexibility index (Phi) is 5.15. The predicted octanol–water partition coefficient (Wildman–Crippen LogP) is 2.70. The quantitative estimate of drug-likeness (QED) is 0.799. The number of ether oxygens (including phenoxy) is 1. The van der Waals surface area contributed by atoms with Crippen LogP contribution in [0, 0.1) is 11.3 Å². The van der Waals surface area contributed by atoms with Gasteiger partial charge in [0.2, 0.25) is 0 Å². The maximum absolute atomic E-state index is 12.7. The molecule has 0 amide bonds. The lowest BCUT2D eigenvalue weighted by Gasteiger charge is -2.35. The zero-order valence-electron chi connectivity index (χ0n) is 15.7. The van der Waals surface area contributed by atoms with Gasteiger partial charge < -0.3 is 15.4 Å². The van der Waals surface area contributed by atoms with E-state index in [2.05, 4.69) is 11.1 Å². The van der Waals surface area contributed by atoms with E-state index in [1.165, 1.54) is 11.8 Å². The van der Waals surface area contributed by atoms with Gasteiger partial charge in [-0.2, -0.15) is 5.26 Å². The van der Waals surface area contributed by atoms with E-state index < -0.39 is 12.0 Å². The number of aliphatic imine (C=N–C) groups is 1. The van der Waals surface area contributed by atoms with Crippen LogP contribution in [0.15, 0.2) is 51.3 Å². The van der Waals surface area contributed by atoms with Crippen molar-refractivity contribution in [1.82, 2.24) is 4.90 Å². The van der Waals surface area contributed by atoms with Gasteiger partial charge in [-0.15, -0.1) is 0 Å². The van der Waals surface area contributed by atoms with E-state index in [1.54, 1.807) is 18.7 Å². The smallest absolute Gasteiger partial charge is 0.338 e. The highest BCUT2D eigenvalue weighted by atomic mass is 32.2. The molecule has 0 aromatic heterocycles. The summed E-state index contributed by atoms with van der Waals surface area (Å²) >= 11 is 1.21. The molecule has 1 aromatic rings. The van der Waals surface area contributed by atoms with E-state index in [1.807, 2.05) is 43.3 Å². The van der Waals surface area contributed by atoms with Crippen molar-refractivity contribution in [3.8, 4) is 6.07 Å². The minimum atomic E-state index is -0.494. The minimum absolute atomic E-state index is 0.266. The van der Waals surface area contributed by atoms with Crippen LogP contribution < -0.4 is 10.6 Å². The molecule has 1 aromatic carbocycles. The van der Waals surface area contributed by atoms with E-state index in [-0.39, 0.29) is 6.61 Å². The summed E-state index contributed by atoms with van der Waals surface area (Å²) in [4.78, 5) is 21.3. The molecule has 0 bridgehead atoms. The van der Waals surface area contributed by atoms with Gasteiger partial charge in [-0.3, -0.25) is 4.90 Å². The first kappa shape index (κ1) is 18.9. The van der Waals surface area contributed by atoms with Gasteiger partial charge in [0.1, 0.15) is 16.8 Å². The Labute approximate surface area is 162 Å². The van der Waals surface area contributed by atoms with Gasteiger partial charge in [-0.05, 0) is 43.3 Å². The van der Waals surface area contributed by atoms with Crippen LogP contribution in [-0.4, -0.2) is 36.7 Å². The number of fused-ring (bicyclic) bond motifs is 1. The summed E-state index contributed by atoms with van der Waals surface area (Å²) < 4.78 is 5.27. The number of benzene rings is 1. The third kappa shape index (κ3) is 3.26. The molecule has 1 atom stereocenters. The molecule has 2 aliphatic heterocycles. The first-order valence-corrected chi connectivity index (χ1v) is 9.31. The Morgan fingerprint density at radius 2 is 2.07 bits per heavy atom. The van der Waals surface area contributed by atoms with Gasteiger partial charge in [0.25, 0.3) is 0 Å². The number of carbonyl (C=O) groups excluding carboxylic acids is 1. The number of rotatable bonds is 4. The Bertz CT molecular complexity index is 909. The van der Waals surface area contributed by atoms with Gasteiger partial charge >= 0.3 is 5.97 Å². The van der Waals surface area contributed by atoms with Crippen molar-refractivity contribution in [2.24, 2.45) is 10.7 Å². The third-order valence-corrected chi connectivity index (χ3v) is 5.37. The number of amidine groups is 1. The fourth-order valence-corrected chi connectivity index (χ4v) is 4.00. The van der Waals surface area contributed by atoms with E-state index in [9.17, 15) is 10.1 Å². The number of esters is 1. The Hall–Kier alpha value is -2.92. The van der Waals surface area contributed by atoms with Crippen molar-refractivity contribution >= 4 is 28.6 Å². The first-order chi connectivity index (χ1) is 12.9. The van der Waals surface area contributed by atoms with Crippen molar-refractivity contribution in [1.29, 1.82) is 5.26 Å². The van der Waals surface area contributed by atoms with E-state index in [0.717, 1.165) is 11.3 Å². The molecule has 7 nitrogen and oxygen atoms in total. The highest BCUT2D eigenvalue weighted by molar-refractivity contribution is 8.17. The molecule has 0 fully saturated rings.